The first-order chi connectivity index (χ1) is 12.0. The SMILES string of the molecule is CCCC(CCO)CNC(=NCC(C)Cn1nc(C)cc1C)NCC.I. The highest BCUT2D eigenvalue weighted by molar-refractivity contribution is 14.0. The number of halogens is 1. The fourth-order valence-corrected chi connectivity index (χ4v) is 2.98. The molecule has 0 radical (unpaired) electrons. The van der Waals surface area contributed by atoms with E-state index in [0.29, 0.717) is 11.8 Å². The highest BCUT2D eigenvalue weighted by atomic mass is 127. The third kappa shape index (κ3) is 9.75. The standard InChI is InChI=1S/C19H37N5O.HI/c1-6-8-18(9-10-25)13-22-19(20-7-2)21-12-15(3)14-24-17(5)11-16(4)23-24;/h11,15,18,25H,6-10,12-14H2,1-5H3,(H2,20,21,22);1H. The van der Waals surface area contributed by atoms with E-state index < -0.39 is 0 Å². The second-order valence-electron chi connectivity index (χ2n) is 6.98. The van der Waals surface area contributed by atoms with Crippen LogP contribution in [0.15, 0.2) is 11.1 Å². The van der Waals surface area contributed by atoms with Gasteiger partial charge in [0, 0.05) is 38.5 Å². The summed E-state index contributed by atoms with van der Waals surface area (Å²) in [5, 5.41) is 20.5. The normalized spacial score (nSPS) is 13.8. The van der Waals surface area contributed by atoms with Gasteiger partial charge in [-0.1, -0.05) is 20.3 Å². The van der Waals surface area contributed by atoms with Crippen LogP contribution in [-0.4, -0.2) is 47.1 Å². The summed E-state index contributed by atoms with van der Waals surface area (Å²) in [4.78, 5) is 4.73. The molecule has 0 spiro atoms. The van der Waals surface area contributed by atoms with Crippen molar-refractivity contribution in [2.75, 3.05) is 26.2 Å². The van der Waals surface area contributed by atoms with Crippen LogP contribution in [-0.2, 0) is 6.54 Å². The maximum absolute atomic E-state index is 9.19. The van der Waals surface area contributed by atoms with Gasteiger partial charge in [-0.05, 0) is 51.5 Å². The number of rotatable bonds is 11. The molecule has 1 heterocycles. The average molecular weight is 479 g/mol. The summed E-state index contributed by atoms with van der Waals surface area (Å²) in [6.45, 7) is 14.2. The van der Waals surface area contributed by atoms with Crippen molar-refractivity contribution in [2.24, 2.45) is 16.8 Å². The summed E-state index contributed by atoms with van der Waals surface area (Å²) in [5.41, 5.74) is 2.26. The van der Waals surface area contributed by atoms with Gasteiger partial charge in [0.1, 0.15) is 0 Å². The lowest BCUT2D eigenvalue weighted by molar-refractivity contribution is 0.251. The third-order valence-electron chi connectivity index (χ3n) is 4.29. The number of aliphatic imine (C=N–C) groups is 1. The summed E-state index contributed by atoms with van der Waals surface area (Å²) in [5.74, 6) is 1.77. The van der Waals surface area contributed by atoms with Crippen LogP contribution in [0.25, 0.3) is 0 Å². The molecule has 2 unspecified atom stereocenters. The molecule has 0 saturated carbocycles. The van der Waals surface area contributed by atoms with Gasteiger partial charge < -0.3 is 15.7 Å². The van der Waals surface area contributed by atoms with Crippen LogP contribution in [0.2, 0.25) is 0 Å². The lowest BCUT2D eigenvalue weighted by Crippen LogP contribution is -2.40. The van der Waals surface area contributed by atoms with Gasteiger partial charge in [-0.2, -0.15) is 5.10 Å². The second-order valence-corrected chi connectivity index (χ2v) is 6.98. The van der Waals surface area contributed by atoms with E-state index in [1.807, 2.05) is 6.92 Å². The zero-order valence-electron chi connectivity index (χ0n) is 17.1. The quantitative estimate of drug-likeness (QED) is 0.259. The van der Waals surface area contributed by atoms with Gasteiger partial charge in [0.2, 0.25) is 0 Å². The highest BCUT2D eigenvalue weighted by Gasteiger charge is 2.10. The Morgan fingerprint density at radius 1 is 1.27 bits per heavy atom. The predicted molar refractivity (Wildman–Crippen MR) is 120 cm³/mol. The molecule has 152 valence electrons. The molecule has 26 heavy (non-hydrogen) atoms. The molecule has 2 atom stereocenters. The minimum Gasteiger partial charge on any atom is -0.396 e. The molecule has 0 aliphatic heterocycles. The lowest BCUT2D eigenvalue weighted by atomic mass is 10.0. The van der Waals surface area contributed by atoms with E-state index in [1.165, 1.54) is 5.69 Å². The molecule has 3 N–H and O–H groups in total. The van der Waals surface area contributed by atoms with Crippen molar-refractivity contribution in [3.05, 3.63) is 17.5 Å². The Balaban J connectivity index is 0.00000625. The van der Waals surface area contributed by atoms with E-state index in [1.54, 1.807) is 0 Å². The largest absolute Gasteiger partial charge is 0.396 e. The molecule has 7 heteroatoms. The highest BCUT2D eigenvalue weighted by Crippen LogP contribution is 2.09. The number of aliphatic hydroxyl groups is 1. The average Bonchev–Trinajstić information content (AvgIpc) is 2.87. The van der Waals surface area contributed by atoms with Crippen LogP contribution < -0.4 is 10.6 Å². The van der Waals surface area contributed by atoms with E-state index >= 15 is 0 Å². The first kappa shape index (κ1) is 25.2. The zero-order chi connectivity index (χ0) is 18.7. The topological polar surface area (TPSA) is 74.5 Å². The van der Waals surface area contributed by atoms with E-state index in [2.05, 4.69) is 54.2 Å². The van der Waals surface area contributed by atoms with Crippen LogP contribution in [0.1, 0.15) is 51.4 Å². The van der Waals surface area contributed by atoms with Gasteiger partial charge in [0.25, 0.3) is 0 Å². The molecule has 1 aromatic heterocycles. The van der Waals surface area contributed by atoms with Crippen molar-refractivity contribution in [2.45, 2.75) is 60.4 Å². The first-order valence-corrected chi connectivity index (χ1v) is 9.64. The minimum absolute atomic E-state index is 0. The number of hydrogen-bond donors (Lipinski definition) is 3. The summed E-state index contributed by atoms with van der Waals surface area (Å²) in [6.07, 6.45) is 3.11. The monoisotopic (exact) mass is 479 g/mol. The summed E-state index contributed by atoms with van der Waals surface area (Å²) >= 11 is 0. The Morgan fingerprint density at radius 3 is 2.54 bits per heavy atom. The number of aromatic nitrogens is 2. The maximum Gasteiger partial charge on any atom is 0.191 e. The molecule has 6 nitrogen and oxygen atoms in total. The Labute approximate surface area is 176 Å². The number of guanidine groups is 1. The molecular weight excluding hydrogens is 441 g/mol. The Kier molecular flexibility index (Phi) is 13.8. The molecule has 0 saturated heterocycles. The lowest BCUT2D eigenvalue weighted by Gasteiger charge is -2.19. The van der Waals surface area contributed by atoms with Gasteiger partial charge >= 0.3 is 0 Å². The van der Waals surface area contributed by atoms with Gasteiger partial charge in [-0.25, -0.2) is 0 Å². The number of nitrogens with one attached hydrogen (secondary N) is 2. The number of hydrogen-bond acceptors (Lipinski definition) is 3. The molecule has 0 aliphatic rings. The van der Waals surface area contributed by atoms with Gasteiger partial charge in [0.05, 0.1) is 5.69 Å². The smallest absolute Gasteiger partial charge is 0.191 e. The number of aliphatic hydroxyl groups excluding tert-OH is 1. The van der Waals surface area contributed by atoms with Gasteiger partial charge in [0.15, 0.2) is 5.96 Å². The number of aryl methyl sites for hydroxylation is 2. The van der Waals surface area contributed by atoms with Gasteiger partial charge in [-0.15, -0.1) is 24.0 Å². The first-order valence-electron chi connectivity index (χ1n) is 9.64. The second kappa shape index (κ2) is 14.3. The Hall–Kier alpha value is -0.830. The summed E-state index contributed by atoms with van der Waals surface area (Å²) < 4.78 is 2.06. The third-order valence-corrected chi connectivity index (χ3v) is 4.29. The van der Waals surface area contributed by atoms with Crippen LogP contribution in [0.4, 0.5) is 0 Å². The van der Waals surface area contributed by atoms with E-state index in [0.717, 1.165) is 57.1 Å². The van der Waals surface area contributed by atoms with Crippen molar-refractivity contribution in [3.8, 4) is 0 Å². The maximum atomic E-state index is 9.19. The summed E-state index contributed by atoms with van der Waals surface area (Å²) in [6, 6.07) is 2.11. The van der Waals surface area contributed by atoms with Crippen molar-refractivity contribution in [1.29, 1.82) is 0 Å². The Morgan fingerprint density at radius 2 is 2.00 bits per heavy atom. The van der Waals surface area contributed by atoms with E-state index in [-0.39, 0.29) is 30.6 Å². The van der Waals surface area contributed by atoms with Crippen molar-refractivity contribution in [1.82, 2.24) is 20.4 Å². The van der Waals surface area contributed by atoms with Crippen LogP contribution in [0.5, 0.6) is 0 Å². The fraction of sp³-hybridized carbons (Fsp3) is 0.789. The zero-order valence-corrected chi connectivity index (χ0v) is 19.4. The molecule has 0 fully saturated rings. The van der Waals surface area contributed by atoms with Crippen molar-refractivity contribution in [3.63, 3.8) is 0 Å². The van der Waals surface area contributed by atoms with Crippen molar-refractivity contribution >= 4 is 29.9 Å². The molecule has 1 rings (SSSR count). The Bertz CT molecular complexity index is 512. The number of nitrogens with zero attached hydrogens (tertiary/aromatic N) is 3. The fourth-order valence-electron chi connectivity index (χ4n) is 2.98. The van der Waals surface area contributed by atoms with E-state index in [4.69, 9.17) is 4.99 Å². The van der Waals surface area contributed by atoms with Crippen molar-refractivity contribution < 1.29 is 5.11 Å². The van der Waals surface area contributed by atoms with Crippen LogP contribution in [0.3, 0.4) is 0 Å². The van der Waals surface area contributed by atoms with E-state index in [9.17, 15) is 5.11 Å². The molecule has 1 aromatic rings. The predicted octanol–water partition coefficient (Wildman–Crippen LogP) is 3.11. The van der Waals surface area contributed by atoms with Gasteiger partial charge in [-0.3, -0.25) is 9.67 Å². The molecule has 0 aromatic carbocycles. The molecule has 0 bridgehead atoms. The molecule has 0 amide bonds. The van der Waals surface area contributed by atoms with Crippen LogP contribution >= 0.6 is 24.0 Å². The molecular formula is C19H38IN5O. The minimum atomic E-state index is 0. The van der Waals surface area contributed by atoms with Crippen LogP contribution in [0, 0.1) is 25.7 Å². The summed E-state index contributed by atoms with van der Waals surface area (Å²) in [7, 11) is 0. The molecule has 0 aliphatic carbocycles.